The van der Waals surface area contributed by atoms with Gasteiger partial charge in [-0.15, -0.1) is 11.3 Å². The van der Waals surface area contributed by atoms with E-state index in [0.717, 1.165) is 27.6 Å². The number of ether oxygens (including phenoxy) is 1. The molecule has 1 aromatic heterocycles. The van der Waals surface area contributed by atoms with Crippen LogP contribution < -0.4 is 10.5 Å². The Kier molecular flexibility index (Phi) is 4.86. The topological polar surface area (TPSA) is 35.2 Å². The van der Waals surface area contributed by atoms with E-state index in [9.17, 15) is 0 Å². The minimum atomic E-state index is -0.107. The van der Waals surface area contributed by atoms with Crippen LogP contribution in [0.3, 0.4) is 0 Å². The first-order valence-corrected chi connectivity index (χ1v) is 7.59. The van der Waals surface area contributed by atoms with E-state index in [1.165, 1.54) is 0 Å². The van der Waals surface area contributed by atoms with Gasteiger partial charge in [-0.2, -0.15) is 0 Å². The zero-order chi connectivity index (χ0) is 13.8. The molecular formula is C15H18ClNOS. The lowest BCUT2D eigenvalue weighted by molar-refractivity contribution is 0.173. The minimum Gasteiger partial charge on any atom is -0.483 e. The van der Waals surface area contributed by atoms with Gasteiger partial charge in [0.05, 0.1) is 0 Å². The number of thiophene rings is 1. The van der Waals surface area contributed by atoms with Gasteiger partial charge in [-0.05, 0) is 48.6 Å². The highest BCUT2D eigenvalue weighted by Crippen LogP contribution is 2.31. The number of rotatable bonds is 5. The Bertz CT molecular complexity index is 527. The summed E-state index contributed by atoms with van der Waals surface area (Å²) in [5, 5.41) is 2.76. The van der Waals surface area contributed by atoms with Crippen molar-refractivity contribution >= 4 is 22.9 Å². The summed E-state index contributed by atoms with van der Waals surface area (Å²) in [5.74, 6) is 0.840. The predicted octanol–water partition coefficient (Wildman–Crippen LogP) is 4.57. The molecule has 0 fully saturated rings. The highest BCUT2D eigenvalue weighted by molar-refractivity contribution is 7.10. The Morgan fingerprint density at radius 3 is 2.74 bits per heavy atom. The van der Waals surface area contributed by atoms with Gasteiger partial charge >= 0.3 is 0 Å². The first-order valence-electron chi connectivity index (χ1n) is 6.33. The van der Waals surface area contributed by atoms with Crippen molar-refractivity contribution in [2.45, 2.75) is 32.4 Å². The third-order valence-corrected chi connectivity index (χ3v) is 4.24. The van der Waals surface area contributed by atoms with Crippen molar-refractivity contribution in [3.63, 3.8) is 0 Å². The highest BCUT2D eigenvalue weighted by Gasteiger charge is 2.22. The molecule has 2 unspecified atom stereocenters. The molecule has 0 aliphatic rings. The molecule has 0 aliphatic carbocycles. The van der Waals surface area contributed by atoms with Gasteiger partial charge in [0.15, 0.2) is 0 Å². The van der Waals surface area contributed by atoms with E-state index in [4.69, 9.17) is 22.1 Å². The van der Waals surface area contributed by atoms with Crippen molar-refractivity contribution in [2.75, 3.05) is 0 Å². The van der Waals surface area contributed by atoms with Crippen LogP contribution in [0.15, 0.2) is 35.7 Å². The van der Waals surface area contributed by atoms with Gasteiger partial charge < -0.3 is 10.5 Å². The van der Waals surface area contributed by atoms with Crippen LogP contribution in [0.2, 0.25) is 5.02 Å². The molecule has 2 nitrogen and oxygen atoms in total. The Labute approximate surface area is 123 Å². The fourth-order valence-corrected chi connectivity index (χ4v) is 2.96. The van der Waals surface area contributed by atoms with Gasteiger partial charge in [-0.1, -0.05) is 24.6 Å². The van der Waals surface area contributed by atoms with Gasteiger partial charge in [0.1, 0.15) is 11.9 Å². The molecule has 2 aromatic rings. The summed E-state index contributed by atoms with van der Waals surface area (Å²) in [6, 6.07) is 9.71. The summed E-state index contributed by atoms with van der Waals surface area (Å²) in [5.41, 5.74) is 7.22. The second-order valence-electron chi connectivity index (χ2n) is 4.54. The summed E-state index contributed by atoms with van der Waals surface area (Å²) in [6.45, 7) is 4.06. The van der Waals surface area contributed by atoms with Crippen LogP contribution in [0.25, 0.3) is 0 Å². The molecule has 2 rings (SSSR count). The molecular weight excluding hydrogens is 278 g/mol. The van der Waals surface area contributed by atoms with Crippen LogP contribution in [0.1, 0.15) is 29.9 Å². The number of aryl methyl sites for hydroxylation is 1. The van der Waals surface area contributed by atoms with E-state index in [2.05, 4.69) is 13.0 Å². The number of halogens is 1. The van der Waals surface area contributed by atoms with Crippen molar-refractivity contribution in [1.29, 1.82) is 0 Å². The van der Waals surface area contributed by atoms with Gasteiger partial charge in [-0.3, -0.25) is 0 Å². The molecule has 2 atom stereocenters. The Hall–Kier alpha value is -1.03. The normalized spacial score (nSPS) is 14.1. The number of nitrogens with two attached hydrogens (primary N) is 1. The zero-order valence-corrected chi connectivity index (χ0v) is 12.7. The molecule has 19 heavy (non-hydrogen) atoms. The molecule has 0 spiro atoms. The van der Waals surface area contributed by atoms with Crippen molar-refractivity contribution < 1.29 is 4.74 Å². The molecule has 0 amide bonds. The molecule has 4 heteroatoms. The van der Waals surface area contributed by atoms with Crippen molar-refractivity contribution in [1.82, 2.24) is 0 Å². The average Bonchev–Trinajstić information content (AvgIpc) is 2.91. The first kappa shape index (κ1) is 14.4. The van der Waals surface area contributed by atoms with Gasteiger partial charge in [0.25, 0.3) is 0 Å². The summed E-state index contributed by atoms with van der Waals surface area (Å²) < 4.78 is 6.12. The smallest absolute Gasteiger partial charge is 0.148 e. The van der Waals surface area contributed by atoms with E-state index in [1.54, 1.807) is 11.3 Å². The summed E-state index contributed by atoms with van der Waals surface area (Å²) >= 11 is 7.64. The molecule has 0 saturated carbocycles. The van der Waals surface area contributed by atoms with Crippen LogP contribution >= 0.6 is 22.9 Å². The summed E-state index contributed by atoms with van der Waals surface area (Å²) in [7, 11) is 0. The molecule has 0 radical (unpaired) electrons. The lowest BCUT2D eigenvalue weighted by Gasteiger charge is -2.24. The first-order chi connectivity index (χ1) is 9.11. The molecule has 0 saturated heterocycles. The molecule has 0 bridgehead atoms. The SMILES string of the molecule is CCC(N)C(Oc1ccc(Cl)cc1C)c1cccs1. The maximum absolute atomic E-state index is 6.19. The van der Waals surface area contributed by atoms with Crippen molar-refractivity contribution in [3.05, 3.63) is 51.2 Å². The molecule has 1 heterocycles. The minimum absolute atomic E-state index is 0.0197. The van der Waals surface area contributed by atoms with Crippen molar-refractivity contribution in [2.24, 2.45) is 5.73 Å². The van der Waals surface area contributed by atoms with Gasteiger partial charge in [-0.25, -0.2) is 0 Å². The monoisotopic (exact) mass is 295 g/mol. The van der Waals surface area contributed by atoms with E-state index in [-0.39, 0.29) is 12.1 Å². The third kappa shape index (κ3) is 3.50. The zero-order valence-electron chi connectivity index (χ0n) is 11.1. The highest BCUT2D eigenvalue weighted by atomic mass is 35.5. The average molecular weight is 296 g/mol. The van der Waals surface area contributed by atoms with Crippen LogP contribution in [0.4, 0.5) is 0 Å². The largest absolute Gasteiger partial charge is 0.483 e. The van der Waals surface area contributed by atoms with Crippen LogP contribution in [0.5, 0.6) is 5.75 Å². The summed E-state index contributed by atoms with van der Waals surface area (Å²) in [4.78, 5) is 1.16. The Morgan fingerprint density at radius 2 is 2.16 bits per heavy atom. The predicted molar refractivity (Wildman–Crippen MR) is 82.1 cm³/mol. The second kappa shape index (κ2) is 6.42. The molecule has 1 aromatic carbocycles. The number of hydrogen-bond donors (Lipinski definition) is 1. The van der Waals surface area contributed by atoms with Gasteiger partial charge in [0, 0.05) is 15.9 Å². The standard InChI is InChI=1S/C15H18ClNOS/c1-3-12(17)15(14-5-4-8-19-14)18-13-7-6-11(16)9-10(13)2/h4-9,12,15H,3,17H2,1-2H3. The number of hydrogen-bond acceptors (Lipinski definition) is 3. The molecule has 102 valence electrons. The van der Waals surface area contributed by atoms with Crippen LogP contribution in [-0.2, 0) is 0 Å². The van der Waals surface area contributed by atoms with E-state index in [0.29, 0.717) is 0 Å². The molecule has 2 N–H and O–H groups in total. The quantitative estimate of drug-likeness (QED) is 0.877. The maximum atomic E-state index is 6.19. The Morgan fingerprint density at radius 1 is 1.37 bits per heavy atom. The third-order valence-electron chi connectivity index (χ3n) is 3.07. The van der Waals surface area contributed by atoms with Gasteiger partial charge in [0.2, 0.25) is 0 Å². The van der Waals surface area contributed by atoms with E-state index < -0.39 is 0 Å². The van der Waals surface area contributed by atoms with E-state index in [1.807, 2.05) is 36.6 Å². The number of benzene rings is 1. The second-order valence-corrected chi connectivity index (χ2v) is 5.95. The van der Waals surface area contributed by atoms with Crippen LogP contribution in [-0.4, -0.2) is 6.04 Å². The van der Waals surface area contributed by atoms with E-state index >= 15 is 0 Å². The fraction of sp³-hybridized carbons (Fsp3) is 0.333. The Balaban J connectivity index is 2.25. The van der Waals surface area contributed by atoms with Crippen LogP contribution in [0, 0.1) is 6.92 Å². The summed E-state index contributed by atoms with van der Waals surface area (Å²) in [6.07, 6.45) is 0.764. The maximum Gasteiger partial charge on any atom is 0.148 e. The lowest BCUT2D eigenvalue weighted by atomic mass is 10.1. The fourth-order valence-electron chi connectivity index (χ4n) is 1.91. The van der Waals surface area contributed by atoms with Crippen molar-refractivity contribution in [3.8, 4) is 5.75 Å². The molecule has 0 aliphatic heterocycles. The lowest BCUT2D eigenvalue weighted by Crippen LogP contribution is -2.31.